The molecule has 0 spiro atoms. The second-order valence-corrected chi connectivity index (χ2v) is 2.06. The summed E-state index contributed by atoms with van der Waals surface area (Å²) in [5, 5.41) is 7.12. The van der Waals surface area contributed by atoms with Crippen molar-refractivity contribution in [3.05, 3.63) is 24.3 Å². The molecule has 8 heteroatoms. The van der Waals surface area contributed by atoms with Gasteiger partial charge < -0.3 is 5.11 Å². The number of carboxylic acid groups (broad SMARTS) is 1. The second kappa shape index (κ2) is 5.68. The van der Waals surface area contributed by atoms with E-state index >= 15 is 0 Å². The molecule has 0 unspecified atom stereocenters. The third kappa shape index (κ3) is 6.13. The molecule has 0 saturated heterocycles. The van der Waals surface area contributed by atoms with E-state index in [1.807, 2.05) is 0 Å². The van der Waals surface area contributed by atoms with Crippen molar-refractivity contribution in [3.63, 3.8) is 0 Å². The number of aldehydes is 1. The fourth-order valence-corrected chi connectivity index (χ4v) is 0.371. The molecule has 0 radical (unpaired) electrons. The third-order valence-electron chi connectivity index (χ3n) is 0.968. The minimum Gasteiger partial charge on any atom is -0.475 e. The summed E-state index contributed by atoms with van der Waals surface area (Å²) in [7, 11) is 0. The number of aliphatic carboxylic acids is 1. The summed E-state index contributed by atoms with van der Waals surface area (Å²) >= 11 is 0. The number of hydrogen-bond acceptors (Lipinski definition) is 4. The first-order valence-corrected chi connectivity index (χ1v) is 3.39. The van der Waals surface area contributed by atoms with Gasteiger partial charge in [-0.1, -0.05) is 0 Å². The highest BCUT2D eigenvalue weighted by atomic mass is 19.4. The van der Waals surface area contributed by atoms with Gasteiger partial charge in [-0.3, -0.25) is 4.79 Å². The van der Waals surface area contributed by atoms with Gasteiger partial charge in [-0.25, -0.2) is 14.8 Å². The van der Waals surface area contributed by atoms with Crippen LogP contribution in [0.5, 0.6) is 0 Å². The molecule has 0 saturated carbocycles. The zero-order valence-electron chi connectivity index (χ0n) is 7.10. The molecular formula is C7H5F3N2O3. The van der Waals surface area contributed by atoms with E-state index in [0.717, 1.165) is 0 Å². The van der Waals surface area contributed by atoms with Gasteiger partial charge in [0.1, 0.15) is 12.0 Å². The molecule has 1 aromatic heterocycles. The molecule has 15 heavy (non-hydrogen) atoms. The maximum Gasteiger partial charge on any atom is 0.490 e. The van der Waals surface area contributed by atoms with Crippen LogP contribution >= 0.6 is 0 Å². The Balaban J connectivity index is 0.000000265. The standard InChI is InChI=1S/C5H4N2O.C2HF3O2/c8-3-5-1-2-6-4-7-5;3-2(4,5)1(6)7/h1-4H;(H,6,7). The molecule has 0 aliphatic heterocycles. The smallest absolute Gasteiger partial charge is 0.475 e. The van der Waals surface area contributed by atoms with E-state index in [1.54, 1.807) is 6.07 Å². The molecule has 0 atom stereocenters. The Morgan fingerprint density at radius 3 is 2.20 bits per heavy atom. The van der Waals surface area contributed by atoms with Crippen molar-refractivity contribution in [2.75, 3.05) is 0 Å². The van der Waals surface area contributed by atoms with Crippen molar-refractivity contribution in [3.8, 4) is 0 Å². The van der Waals surface area contributed by atoms with Crippen LogP contribution in [0.25, 0.3) is 0 Å². The first-order valence-electron chi connectivity index (χ1n) is 3.39. The van der Waals surface area contributed by atoms with Crippen LogP contribution in [0.2, 0.25) is 0 Å². The molecule has 5 nitrogen and oxygen atoms in total. The van der Waals surface area contributed by atoms with Crippen molar-refractivity contribution < 1.29 is 27.9 Å². The Hall–Kier alpha value is -1.99. The quantitative estimate of drug-likeness (QED) is 0.714. The fraction of sp³-hybridized carbons (Fsp3) is 0.143. The van der Waals surface area contributed by atoms with Crippen LogP contribution in [0.4, 0.5) is 13.2 Å². The number of nitrogens with zero attached hydrogens (tertiary/aromatic N) is 2. The van der Waals surface area contributed by atoms with E-state index in [2.05, 4.69) is 9.97 Å². The monoisotopic (exact) mass is 222 g/mol. The summed E-state index contributed by atoms with van der Waals surface area (Å²) in [6.45, 7) is 0. The van der Waals surface area contributed by atoms with Gasteiger partial charge in [0.2, 0.25) is 0 Å². The lowest BCUT2D eigenvalue weighted by atomic mass is 10.5. The lowest BCUT2D eigenvalue weighted by Crippen LogP contribution is -2.21. The van der Waals surface area contributed by atoms with Crippen LogP contribution in [0.3, 0.4) is 0 Å². The van der Waals surface area contributed by atoms with Gasteiger partial charge >= 0.3 is 12.1 Å². The molecular weight excluding hydrogens is 217 g/mol. The zero-order valence-corrected chi connectivity index (χ0v) is 7.10. The number of carboxylic acids is 1. The van der Waals surface area contributed by atoms with Crippen LogP contribution in [-0.2, 0) is 4.79 Å². The molecule has 0 aliphatic carbocycles. The van der Waals surface area contributed by atoms with E-state index in [9.17, 15) is 18.0 Å². The molecule has 1 heterocycles. The summed E-state index contributed by atoms with van der Waals surface area (Å²) in [6, 6.07) is 1.55. The maximum absolute atomic E-state index is 10.6. The summed E-state index contributed by atoms with van der Waals surface area (Å²) < 4.78 is 31.7. The van der Waals surface area contributed by atoms with Gasteiger partial charge in [0.15, 0.2) is 6.29 Å². The van der Waals surface area contributed by atoms with Gasteiger partial charge in [0, 0.05) is 6.20 Å². The van der Waals surface area contributed by atoms with Gasteiger partial charge in [-0.2, -0.15) is 13.2 Å². The van der Waals surface area contributed by atoms with Crippen molar-refractivity contribution in [2.45, 2.75) is 6.18 Å². The largest absolute Gasteiger partial charge is 0.490 e. The van der Waals surface area contributed by atoms with Crippen molar-refractivity contribution >= 4 is 12.3 Å². The molecule has 1 aromatic rings. The van der Waals surface area contributed by atoms with E-state index in [1.165, 1.54) is 12.5 Å². The Labute approximate surface area is 81.6 Å². The minimum absolute atomic E-state index is 0.417. The highest BCUT2D eigenvalue weighted by Gasteiger charge is 2.38. The molecule has 0 aromatic carbocycles. The Bertz CT molecular complexity index is 326. The minimum atomic E-state index is -5.08. The van der Waals surface area contributed by atoms with E-state index in [-0.39, 0.29) is 0 Å². The molecule has 0 fully saturated rings. The van der Waals surface area contributed by atoms with Crippen LogP contribution in [0.1, 0.15) is 10.5 Å². The Morgan fingerprint density at radius 2 is 2.00 bits per heavy atom. The maximum atomic E-state index is 10.6. The van der Waals surface area contributed by atoms with Crippen LogP contribution < -0.4 is 0 Å². The normalized spacial score (nSPS) is 9.80. The number of hydrogen-bond donors (Lipinski definition) is 1. The lowest BCUT2D eigenvalue weighted by molar-refractivity contribution is -0.192. The van der Waals surface area contributed by atoms with E-state index in [4.69, 9.17) is 9.90 Å². The summed E-state index contributed by atoms with van der Waals surface area (Å²) in [6.07, 6.45) is -1.54. The predicted molar refractivity (Wildman–Crippen MR) is 41.1 cm³/mol. The summed E-state index contributed by atoms with van der Waals surface area (Å²) in [5.74, 6) is -2.76. The van der Waals surface area contributed by atoms with Crippen molar-refractivity contribution in [2.24, 2.45) is 0 Å². The second-order valence-electron chi connectivity index (χ2n) is 2.06. The summed E-state index contributed by atoms with van der Waals surface area (Å²) in [4.78, 5) is 26.1. The van der Waals surface area contributed by atoms with Crippen LogP contribution in [0, 0.1) is 0 Å². The molecule has 0 bridgehead atoms. The zero-order chi connectivity index (χ0) is 11.9. The number of aromatic nitrogens is 2. The third-order valence-corrected chi connectivity index (χ3v) is 0.968. The number of carbonyl (C=O) groups excluding carboxylic acids is 1. The average molecular weight is 222 g/mol. The number of alkyl halides is 3. The molecule has 82 valence electrons. The number of halogens is 3. The summed E-state index contributed by atoms with van der Waals surface area (Å²) in [5.41, 5.74) is 0.417. The average Bonchev–Trinajstić information content (AvgIpc) is 2.18. The lowest BCUT2D eigenvalue weighted by Gasteiger charge is -1.93. The topological polar surface area (TPSA) is 80.1 Å². The van der Waals surface area contributed by atoms with Gasteiger partial charge in [-0.05, 0) is 6.07 Å². The van der Waals surface area contributed by atoms with Crippen LogP contribution in [-0.4, -0.2) is 33.5 Å². The first kappa shape index (κ1) is 13.0. The van der Waals surface area contributed by atoms with Gasteiger partial charge in [0.25, 0.3) is 0 Å². The van der Waals surface area contributed by atoms with Crippen molar-refractivity contribution in [1.29, 1.82) is 0 Å². The Morgan fingerprint density at radius 1 is 1.47 bits per heavy atom. The van der Waals surface area contributed by atoms with E-state index < -0.39 is 12.1 Å². The van der Waals surface area contributed by atoms with Gasteiger partial charge in [0.05, 0.1) is 0 Å². The van der Waals surface area contributed by atoms with Gasteiger partial charge in [-0.15, -0.1) is 0 Å². The van der Waals surface area contributed by atoms with Crippen molar-refractivity contribution in [1.82, 2.24) is 9.97 Å². The van der Waals surface area contributed by atoms with E-state index in [0.29, 0.717) is 12.0 Å². The predicted octanol–water partition coefficient (Wildman–Crippen LogP) is 0.922. The molecule has 0 aliphatic rings. The highest BCUT2D eigenvalue weighted by molar-refractivity contribution is 5.73. The molecule has 0 amide bonds. The number of rotatable bonds is 1. The Kier molecular flexibility index (Phi) is 4.93. The highest BCUT2D eigenvalue weighted by Crippen LogP contribution is 2.13. The fourth-order valence-electron chi connectivity index (χ4n) is 0.371. The first-order chi connectivity index (χ1) is 6.88. The molecule has 1 N–H and O–H groups in total. The SMILES string of the molecule is O=C(O)C(F)(F)F.O=Cc1ccncn1. The van der Waals surface area contributed by atoms with Crippen LogP contribution in [0.15, 0.2) is 18.6 Å². The number of carbonyl (C=O) groups is 2. The molecule has 1 rings (SSSR count).